The van der Waals surface area contributed by atoms with Gasteiger partial charge in [0.2, 0.25) is 5.91 Å². The summed E-state index contributed by atoms with van der Waals surface area (Å²) in [5.41, 5.74) is 1.29. The van der Waals surface area contributed by atoms with Crippen LogP contribution in [0.2, 0.25) is 0 Å². The van der Waals surface area contributed by atoms with Crippen LogP contribution in [0, 0.1) is 0 Å². The van der Waals surface area contributed by atoms with E-state index in [1.807, 2.05) is 0 Å². The van der Waals surface area contributed by atoms with Crippen LogP contribution in [0.1, 0.15) is 82.6 Å². The summed E-state index contributed by atoms with van der Waals surface area (Å²) in [4.78, 5) is 28.5. The van der Waals surface area contributed by atoms with Crippen LogP contribution in [0.25, 0.3) is 32.3 Å². The molecule has 0 unspecified atom stereocenters. The van der Waals surface area contributed by atoms with Gasteiger partial charge < -0.3 is 5.32 Å². The molecule has 6 rings (SSSR count). The number of amides is 3. The molecule has 3 amide bonds. The van der Waals surface area contributed by atoms with E-state index in [0.29, 0.717) is 6.42 Å². The van der Waals surface area contributed by atoms with E-state index in [0.717, 1.165) is 51.4 Å². The second-order valence-corrected chi connectivity index (χ2v) is 11.3. The molecule has 0 aromatic heterocycles. The molecule has 1 N–H and O–H groups in total. The lowest BCUT2D eigenvalue weighted by molar-refractivity contribution is -0.130. The largest absolute Gasteiger partial charge is 0.335 e. The molecule has 4 aromatic carbocycles. The van der Waals surface area contributed by atoms with E-state index in [1.54, 1.807) is 4.90 Å². The second-order valence-electron chi connectivity index (χ2n) is 11.3. The minimum atomic E-state index is -0.147. The number of nitrogens with zero attached hydrogens (tertiary/aromatic N) is 1. The van der Waals surface area contributed by atoms with Crippen molar-refractivity contribution in [3.63, 3.8) is 0 Å². The van der Waals surface area contributed by atoms with Gasteiger partial charge >= 0.3 is 6.03 Å². The lowest BCUT2D eigenvalue weighted by Crippen LogP contribution is -2.52. The fraction of sp³-hybridized carbons (Fsp3) is 0.455. The van der Waals surface area contributed by atoms with E-state index < -0.39 is 0 Å². The summed E-state index contributed by atoms with van der Waals surface area (Å²) in [5.74, 6) is -0.00193. The molecule has 2 fully saturated rings. The number of nitrogens with one attached hydrogen (secondary N) is 1. The van der Waals surface area contributed by atoms with Gasteiger partial charge in [-0.25, -0.2) is 4.79 Å². The molecule has 0 radical (unpaired) electrons. The Labute approximate surface area is 219 Å². The van der Waals surface area contributed by atoms with Crippen molar-refractivity contribution in [1.29, 1.82) is 0 Å². The van der Waals surface area contributed by atoms with Crippen molar-refractivity contribution in [2.75, 3.05) is 0 Å². The number of carbonyl (C=O) groups excluding carboxylic acids is 2. The van der Waals surface area contributed by atoms with Gasteiger partial charge in [0.1, 0.15) is 0 Å². The Morgan fingerprint density at radius 3 is 2.08 bits per heavy atom. The van der Waals surface area contributed by atoms with Crippen molar-refractivity contribution in [1.82, 2.24) is 10.2 Å². The van der Waals surface area contributed by atoms with E-state index in [4.69, 9.17) is 0 Å². The van der Waals surface area contributed by atoms with Crippen molar-refractivity contribution in [2.45, 2.75) is 95.6 Å². The van der Waals surface area contributed by atoms with Gasteiger partial charge in [0, 0.05) is 18.5 Å². The van der Waals surface area contributed by atoms with Crippen molar-refractivity contribution in [3.8, 4) is 0 Å². The first-order valence-corrected chi connectivity index (χ1v) is 14.5. The zero-order valence-corrected chi connectivity index (χ0v) is 21.8. The maximum atomic E-state index is 13.5. The molecule has 0 heterocycles. The maximum Gasteiger partial charge on any atom is 0.324 e. The monoisotopic (exact) mass is 494 g/mol. The molecule has 0 spiro atoms. The van der Waals surface area contributed by atoms with Gasteiger partial charge in [-0.15, -0.1) is 0 Å². The zero-order valence-electron chi connectivity index (χ0n) is 21.8. The molecular formula is C33H38N2O2. The molecule has 4 nitrogen and oxygen atoms in total. The van der Waals surface area contributed by atoms with Crippen LogP contribution in [-0.2, 0) is 11.2 Å². The number of benzene rings is 4. The summed E-state index contributed by atoms with van der Waals surface area (Å²) >= 11 is 0. The molecule has 37 heavy (non-hydrogen) atoms. The van der Waals surface area contributed by atoms with Crippen LogP contribution in [0.5, 0.6) is 0 Å². The van der Waals surface area contributed by atoms with Crippen molar-refractivity contribution in [3.05, 3.63) is 60.2 Å². The Hall–Kier alpha value is -3.14. The van der Waals surface area contributed by atoms with Gasteiger partial charge in [-0.05, 0) is 76.4 Å². The van der Waals surface area contributed by atoms with E-state index >= 15 is 0 Å². The van der Waals surface area contributed by atoms with Crippen molar-refractivity contribution in [2.24, 2.45) is 0 Å². The number of urea groups is 1. The summed E-state index contributed by atoms with van der Waals surface area (Å²) < 4.78 is 0. The zero-order chi connectivity index (χ0) is 25.2. The van der Waals surface area contributed by atoms with Crippen LogP contribution >= 0.6 is 0 Å². The molecular weight excluding hydrogens is 456 g/mol. The smallest absolute Gasteiger partial charge is 0.324 e. The average molecular weight is 495 g/mol. The maximum absolute atomic E-state index is 13.5. The van der Waals surface area contributed by atoms with E-state index in [2.05, 4.69) is 59.9 Å². The highest BCUT2D eigenvalue weighted by molar-refractivity contribution is 6.23. The molecule has 2 saturated carbocycles. The molecule has 2 aliphatic rings. The molecule has 0 saturated heterocycles. The molecule has 0 aliphatic heterocycles. The lowest BCUT2D eigenvalue weighted by Gasteiger charge is -2.34. The third-order valence-corrected chi connectivity index (χ3v) is 8.82. The van der Waals surface area contributed by atoms with E-state index in [9.17, 15) is 9.59 Å². The standard InChI is InChI=1S/C33H38N2O2/c36-30(35(28-14-5-2-6-15-28)33(37)34-27-12-3-1-4-13-27)16-8-9-23-17-18-26-20-19-24-10-7-11-25-21-22-29(23)32(26)31(24)25/h7,10-11,17-22,27-28H,1-6,8-9,12-16H2,(H,34,37). The number of carbonyl (C=O) groups is 2. The lowest BCUT2D eigenvalue weighted by atomic mass is 9.90. The van der Waals surface area contributed by atoms with Crippen LogP contribution in [0.15, 0.2) is 54.6 Å². The van der Waals surface area contributed by atoms with Gasteiger partial charge in [0.15, 0.2) is 0 Å². The van der Waals surface area contributed by atoms with Crippen LogP contribution < -0.4 is 5.32 Å². The molecule has 0 bridgehead atoms. The van der Waals surface area contributed by atoms with Gasteiger partial charge in [-0.1, -0.05) is 93.1 Å². The second kappa shape index (κ2) is 10.7. The fourth-order valence-corrected chi connectivity index (χ4v) is 6.88. The van der Waals surface area contributed by atoms with Crippen LogP contribution in [-0.4, -0.2) is 28.9 Å². The Bertz CT molecular complexity index is 1380. The Morgan fingerprint density at radius 1 is 0.730 bits per heavy atom. The first kappa shape index (κ1) is 24.2. The van der Waals surface area contributed by atoms with Gasteiger partial charge in [-0.3, -0.25) is 9.69 Å². The molecule has 2 aliphatic carbocycles. The highest BCUT2D eigenvalue weighted by Crippen LogP contribution is 2.36. The number of hydrogen-bond acceptors (Lipinski definition) is 2. The molecule has 192 valence electrons. The number of aryl methyl sites for hydroxylation is 1. The van der Waals surface area contributed by atoms with Crippen molar-refractivity contribution < 1.29 is 9.59 Å². The third kappa shape index (κ3) is 4.91. The Balaban J connectivity index is 1.18. The highest BCUT2D eigenvalue weighted by Gasteiger charge is 2.32. The Kier molecular flexibility index (Phi) is 6.99. The molecule has 0 atom stereocenters. The summed E-state index contributed by atoms with van der Waals surface area (Å²) in [6.07, 6.45) is 13.0. The minimum absolute atomic E-state index is 0.00193. The topological polar surface area (TPSA) is 49.4 Å². The van der Waals surface area contributed by atoms with Crippen LogP contribution in [0.4, 0.5) is 4.79 Å². The first-order valence-electron chi connectivity index (χ1n) is 14.5. The summed E-state index contributed by atoms with van der Waals surface area (Å²) in [5, 5.41) is 11.0. The summed E-state index contributed by atoms with van der Waals surface area (Å²) in [6.45, 7) is 0. The van der Waals surface area contributed by atoms with Gasteiger partial charge in [-0.2, -0.15) is 0 Å². The third-order valence-electron chi connectivity index (χ3n) is 8.82. The summed E-state index contributed by atoms with van der Waals surface area (Å²) in [7, 11) is 0. The van der Waals surface area contributed by atoms with E-state index in [-0.39, 0.29) is 24.0 Å². The summed E-state index contributed by atoms with van der Waals surface area (Å²) in [6, 6.07) is 19.9. The predicted octanol–water partition coefficient (Wildman–Crippen LogP) is 8.11. The van der Waals surface area contributed by atoms with Gasteiger partial charge in [0.25, 0.3) is 0 Å². The normalized spacial score (nSPS) is 17.5. The average Bonchev–Trinajstić information content (AvgIpc) is 2.93. The van der Waals surface area contributed by atoms with E-state index in [1.165, 1.54) is 63.6 Å². The number of rotatable bonds is 6. The number of imide groups is 1. The SMILES string of the molecule is O=C(CCCc1ccc2ccc3cccc4ccc1c2c34)N(C(=O)NC1CCCCC1)C1CCCCC1. The van der Waals surface area contributed by atoms with Crippen molar-refractivity contribution >= 4 is 44.3 Å². The quantitative estimate of drug-likeness (QED) is 0.275. The molecule has 4 heteroatoms. The number of hydrogen-bond donors (Lipinski definition) is 1. The van der Waals surface area contributed by atoms with Crippen LogP contribution in [0.3, 0.4) is 0 Å². The Morgan fingerprint density at radius 2 is 1.35 bits per heavy atom. The minimum Gasteiger partial charge on any atom is -0.335 e. The molecule has 4 aromatic rings. The predicted molar refractivity (Wildman–Crippen MR) is 152 cm³/mol. The fourth-order valence-electron chi connectivity index (χ4n) is 6.88. The van der Waals surface area contributed by atoms with Gasteiger partial charge in [0.05, 0.1) is 0 Å². The first-order chi connectivity index (χ1) is 18.2. The highest BCUT2D eigenvalue weighted by atomic mass is 16.2.